The first-order valence-corrected chi connectivity index (χ1v) is 5.32. The molecule has 0 radical (unpaired) electrons. The predicted molar refractivity (Wildman–Crippen MR) is 56.3 cm³/mol. The van der Waals surface area contributed by atoms with Crippen LogP contribution in [0.3, 0.4) is 0 Å². The van der Waals surface area contributed by atoms with Gasteiger partial charge in [0.05, 0.1) is 6.10 Å². The first-order chi connectivity index (χ1) is 6.22. The average Bonchev–Trinajstić information content (AvgIpc) is 2.30. The number of rotatable bonds is 3. The Labute approximate surface area is 85.5 Å². The van der Waals surface area contributed by atoms with Crippen molar-refractivity contribution in [3.8, 4) is 0 Å². The van der Waals surface area contributed by atoms with Crippen LogP contribution in [0.1, 0.15) is 13.3 Å². The molecule has 76 valence electrons. The summed E-state index contributed by atoms with van der Waals surface area (Å²) < 4.78 is 5.54. The molecule has 2 nitrogen and oxygen atoms in total. The highest BCUT2D eigenvalue weighted by atomic mass is 35.5. The van der Waals surface area contributed by atoms with Gasteiger partial charge in [-0.15, -0.1) is 11.6 Å². The first-order valence-electron chi connectivity index (χ1n) is 4.79. The smallest absolute Gasteiger partial charge is 0.0674 e. The molecule has 0 aliphatic carbocycles. The average molecular weight is 204 g/mol. The summed E-state index contributed by atoms with van der Waals surface area (Å²) in [5.74, 6) is 0.561. The molecule has 1 heterocycles. The molecule has 3 heteroatoms. The topological polar surface area (TPSA) is 12.5 Å². The molecule has 13 heavy (non-hydrogen) atoms. The van der Waals surface area contributed by atoms with Crippen LogP contribution in [0.25, 0.3) is 0 Å². The second-order valence-electron chi connectivity index (χ2n) is 3.65. The van der Waals surface area contributed by atoms with Gasteiger partial charge in [-0.05, 0) is 18.9 Å². The number of ether oxygens (including phenoxy) is 1. The van der Waals surface area contributed by atoms with E-state index >= 15 is 0 Å². The molecule has 0 aromatic rings. The Balaban J connectivity index is 2.34. The van der Waals surface area contributed by atoms with Crippen molar-refractivity contribution in [2.75, 3.05) is 32.1 Å². The van der Waals surface area contributed by atoms with E-state index in [0.717, 1.165) is 38.2 Å². The van der Waals surface area contributed by atoms with Gasteiger partial charge in [-0.1, -0.05) is 6.58 Å². The van der Waals surface area contributed by atoms with Gasteiger partial charge < -0.3 is 4.74 Å². The maximum atomic E-state index is 5.69. The van der Waals surface area contributed by atoms with Crippen molar-refractivity contribution < 1.29 is 4.74 Å². The van der Waals surface area contributed by atoms with E-state index < -0.39 is 0 Å². The molecule has 1 saturated heterocycles. The maximum Gasteiger partial charge on any atom is 0.0674 e. The maximum absolute atomic E-state index is 5.69. The Hall–Kier alpha value is -0.0500. The molecule has 0 N–H and O–H groups in total. The zero-order chi connectivity index (χ0) is 9.68. The largest absolute Gasteiger partial charge is 0.377 e. The summed E-state index contributed by atoms with van der Waals surface area (Å²) in [4.78, 5) is 2.36. The van der Waals surface area contributed by atoms with Gasteiger partial charge in [0, 0.05) is 32.1 Å². The lowest BCUT2D eigenvalue weighted by molar-refractivity contribution is 0.0690. The van der Waals surface area contributed by atoms with Crippen molar-refractivity contribution in [3.63, 3.8) is 0 Å². The number of hydrogen-bond acceptors (Lipinski definition) is 2. The van der Waals surface area contributed by atoms with Gasteiger partial charge >= 0.3 is 0 Å². The molecule has 1 fully saturated rings. The van der Waals surface area contributed by atoms with Gasteiger partial charge in [0.25, 0.3) is 0 Å². The third-order valence-electron chi connectivity index (χ3n) is 2.17. The fourth-order valence-corrected chi connectivity index (χ4v) is 1.67. The standard InChI is InChI=1S/C10H18ClNO/c1-9(6-11)7-12-4-3-5-13-10(2)8-12/h10H,1,3-8H2,2H3. The summed E-state index contributed by atoms with van der Waals surface area (Å²) >= 11 is 5.69. The lowest BCUT2D eigenvalue weighted by Crippen LogP contribution is -2.32. The Morgan fingerprint density at radius 3 is 3.15 bits per heavy atom. The Bertz CT molecular complexity index is 172. The second-order valence-corrected chi connectivity index (χ2v) is 3.92. The van der Waals surface area contributed by atoms with Crippen LogP contribution in [0.15, 0.2) is 12.2 Å². The summed E-state index contributed by atoms with van der Waals surface area (Å²) in [5.41, 5.74) is 1.09. The second kappa shape index (κ2) is 5.63. The van der Waals surface area contributed by atoms with Gasteiger partial charge in [0.15, 0.2) is 0 Å². The first kappa shape index (κ1) is 11.0. The van der Waals surface area contributed by atoms with Gasteiger partial charge in [-0.2, -0.15) is 0 Å². The van der Waals surface area contributed by atoms with E-state index in [1.165, 1.54) is 0 Å². The fraction of sp³-hybridized carbons (Fsp3) is 0.800. The SMILES string of the molecule is C=C(CCl)CN1CCCOC(C)C1. The molecule has 0 bridgehead atoms. The monoisotopic (exact) mass is 203 g/mol. The molecule has 0 aromatic heterocycles. The van der Waals surface area contributed by atoms with Crippen LogP contribution in [0.5, 0.6) is 0 Å². The molecule has 1 atom stereocenters. The minimum absolute atomic E-state index is 0.339. The molecule has 0 aromatic carbocycles. The molecule has 0 amide bonds. The lowest BCUT2D eigenvalue weighted by Gasteiger charge is -2.21. The summed E-state index contributed by atoms with van der Waals surface area (Å²) in [6, 6.07) is 0. The number of alkyl halides is 1. The zero-order valence-electron chi connectivity index (χ0n) is 8.26. The van der Waals surface area contributed by atoms with E-state index in [-0.39, 0.29) is 0 Å². The van der Waals surface area contributed by atoms with Crippen molar-refractivity contribution >= 4 is 11.6 Å². The number of hydrogen-bond donors (Lipinski definition) is 0. The molecule has 1 aliphatic rings. The van der Waals surface area contributed by atoms with Crippen LogP contribution in [0.2, 0.25) is 0 Å². The van der Waals surface area contributed by atoms with Gasteiger partial charge in [0.2, 0.25) is 0 Å². The summed E-state index contributed by atoms with van der Waals surface area (Å²) in [6.07, 6.45) is 1.45. The van der Waals surface area contributed by atoms with Gasteiger partial charge in [0.1, 0.15) is 0 Å². The van der Waals surface area contributed by atoms with Crippen molar-refractivity contribution in [2.45, 2.75) is 19.4 Å². The molecule has 1 rings (SSSR count). The number of nitrogens with zero attached hydrogens (tertiary/aromatic N) is 1. The zero-order valence-corrected chi connectivity index (χ0v) is 9.02. The molecular formula is C10H18ClNO. The van der Waals surface area contributed by atoms with E-state index in [1.807, 2.05) is 0 Å². The molecule has 1 aliphatic heterocycles. The van der Waals surface area contributed by atoms with E-state index in [9.17, 15) is 0 Å². The summed E-state index contributed by atoms with van der Waals surface area (Å²) in [5, 5.41) is 0. The van der Waals surface area contributed by atoms with E-state index in [0.29, 0.717) is 12.0 Å². The fourth-order valence-electron chi connectivity index (χ4n) is 1.58. The Morgan fingerprint density at radius 2 is 2.46 bits per heavy atom. The van der Waals surface area contributed by atoms with E-state index in [2.05, 4.69) is 18.4 Å². The Morgan fingerprint density at radius 1 is 1.69 bits per heavy atom. The van der Waals surface area contributed by atoms with Crippen LogP contribution in [0, 0.1) is 0 Å². The quantitative estimate of drug-likeness (QED) is 0.513. The predicted octanol–water partition coefficient (Wildman–Crippen LogP) is 1.89. The number of halogens is 1. The van der Waals surface area contributed by atoms with Crippen LogP contribution in [-0.2, 0) is 4.74 Å². The van der Waals surface area contributed by atoms with Crippen molar-refractivity contribution in [1.82, 2.24) is 4.90 Å². The van der Waals surface area contributed by atoms with E-state index in [4.69, 9.17) is 16.3 Å². The van der Waals surface area contributed by atoms with Gasteiger partial charge in [-0.25, -0.2) is 0 Å². The molecule has 1 unspecified atom stereocenters. The highest BCUT2D eigenvalue weighted by Gasteiger charge is 2.14. The highest BCUT2D eigenvalue weighted by molar-refractivity contribution is 6.19. The minimum Gasteiger partial charge on any atom is -0.377 e. The lowest BCUT2D eigenvalue weighted by atomic mass is 10.3. The van der Waals surface area contributed by atoms with E-state index in [1.54, 1.807) is 0 Å². The van der Waals surface area contributed by atoms with Crippen LogP contribution in [0.4, 0.5) is 0 Å². The summed E-state index contributed by atoms with van der Waals surface area (Å²) in [7, 11) is 0. The third-order valence-corrected chi connectivity index (χ3v) is 2.55. The van der Waals surface area contributed by atoms with Crippen molar-refractivity contribution in [3.05, 3.63) is 12.2 Å². The van der Waals surface area contributed by atoms with Crippen molar-refractivity contribution in [1.29, 1.82) is 0 Å². The highest BCUT2D eigenvalue weighted by Crippen LogP contribution is 2.07. The summed E-state index contributed by atoms with van der Waals surface area (Å²) in [6.45, 7) is 9.91. The normalized spacial score (nSPS) is 25.5. The van der Waals surface area contributed by atoms with Gasteiger partial charge in [-0.3, -0.25) is 4.90 Å². The minimum atomic E-state index is 0.339. The van der Waals surface area contributed by atoms with Crippen LogP contribution >= 0.6 is 11.6 Å². The molecular weight excluding hydrogens is 186 g/mol. The molecule has 0 spiro atoms. The third kappa shape index (κ3) is 4.12. The molecule has 0 saturated carbocycles. The van der Waals surface area contributed by atoms with Crippen LogP contribution < -0.4 is 0 Å². The van der Waals surface area contributed by atoms with Crippen LogP contribution in [-0.4, -0.2) is 43.1 Å². The van der Waals surface area contributed by atoms with Crippen molar-refractivity contribution in [2.24, 2.45) is 0 Å². The Kier molecular flexibility index (Phi) is 4.78.